The number of aliphatic hydroxyl groups excluding tert-OH is 2. The molecule has 1 unspecified atom stereocenters. The van der Waals surface area contributed by atoms with Gasteiger partial charge in [-0.1, -0.05) is 6.07 Å². The van der Waals surface area contributed by atoms with Crippen LogP contribution in [0.5, 0.6) is 5.75 Å². The van der Waals surface area contributed by atoms with Gasteiger partial charge in [0.15, 0.2) is 5.65 Å². The average Bonchev–Trinajstić information content (AvgIpc) is 3.40. The van der Waals surface area contributed by atoms with Crippen LogP contribution in [-0.4, -0.2) is 41.4 Å². The molecule has 0 saturated carbocycles. The number of pyridine rings is 1. The minimum absolute atomic E-state index is 0.132. The second-order valence-electron chi connectivity index (χ2n) is 7.03. The highest BCUT2D eigenvalue weighted by Crippen LogP contribution is 2.37. The van der Waals surface area contributed by atoms with Crippen molar-refractivity contribution in [2.45, 2.75) is 25.6 Å². The number of fused-ring (bicyclic) bond motifs is 2. The summed E-state index contributed by atoms with van der Waals surface area (Å²) in [7, 11) is 0. The maximum absolute atomic E-state index is 14.5. The Morgan fingerprint density at radius 1 is 1.17 bits per heavy atom. The summed E-state index contributed by atoms with van der Waals surface area (Å²) < 4.78 is 21.7. The highest BCUT2D eigenvalue weighted by Gasteiger charge is 2.27. The molecular weight excluding hydrogens is 389 g/mol. The number of nitrogens with zero attached hydrogens (tertiary/aromatic N) is 5. The van der Waals surface area contributed by atoms with Crippen LogP contribution in [0, 0.1) is 5.82 Å². The summed E-state index contributed by atoms with van der Waals surface area (Å²) in [5.74, 6) is 0.793. The monoisotopic (exact) mass is 407 g/mol. The van der Waals surface area contributed by atoms with Crippen molar-refractivity contribution in [2.24, 2.45) is 0 Å². The predicted octanol–water partition coefficient (Wildman–Crippen LogP) is 2.03. The van der Waals surface area contributed by atoms with Gasteiger partial charge in [0.05, 0.1) is 12.3 Å². The molecule has 1 aromatic carbocycles. The maximum Gasteiger partial charge on any atom is 0.171 e. The lowest BCUT2D eigenvalue weighted by atomic mass is 9.98. The summed E-state index contributed by atoms with van der Waals surface area (Å²) in [5, 5.41) is 28.0. The normalized spacial score (nSPS) is 15.4. The Balaban J connectivity index is 1.51. The van der Waals surface area contributed by atoms with Crippen molar-refractivity contribution in [1.82, 2.24) is 24.6 Å². The molecule has 2 N–H and O–H groups in total. The molecule has 1 atom stereocenters. The first kappa shape index (κ1) is 18.6. The van der Waals surface area contributed by atoms with E-state index in [9.17, 15) is 14.6 Å². The molecule has 152 valence electrons. The summed E-state index contributed by atoms with van der Waals surface area (Å²) in [6, 6.07) is 6.52. The second kappa shape index (κ2) is 7.43. The third kappa shape index (κ3) is 2.99. The fraction of sp³-hybridized carbons (Fsp3) is 0.238. The van der Waals surface area contributed by atoms with Crippen LogP contribution in [-0.2, 0) is 19.4 Å². The topological polar surface area (TPSA) is 106 Å². The lowest BCUT2D eigenvalue weighted by Gasteiger charge is -2.12. The van der Waals surface area contributed by atoms with E-state index >= 15 is 0 Å². The third-order valence-corrected chi connectivity index (χ3v) is 5.33. The molecule has 0 saturated heterocycles. The zero-order valence-corrected chi connectivity index (χ0v) is 15.9. The molecule has 4 aromatic rings. The number of halogens is 1. The van der Waals surface area contributed by atoms with Gasteiger partial charge < -0.3 is 14.9 Å². The molecule has 3 aromatic heterocycles. The SMILES string of the molecule is OCc1ncccc1-c1cnc(CCc2c(F)ccc3c2C(O)CO3)n2cnnc12. The molecule has 0 spiro atoms. The smallest absolute Gasteiger partial charge is 0.171 e. The summed E-state index contributed by atoms with van der Waals surface area (Å²) >= 11 is 0. The van der Waals surface area contributed by atoms with E-state index in [-0.39, 0.29) is 19.0 Å². The van der Waals surface area contributed by atoms with Crippen molar-refractivity contribution in [3.8, 4) is 16.9 Å². The number of hydrogen-bond acceptors (Lipinski definition) is 7. The first-order valence-corrected chi connectivity index (χ1v) is 9.52. The highest BCUT2D eigenvalue weighted by molar-refractivity contribution is 5.77. The van der Waals surface area contributed by atoms with Crippen LogP contribution in [0.25, 0.3) is 16.8 Å². The number of aliphatic hydroxyl groups is 2. The highest BCUT2D eigenvalue weighted by atomic mass is 19.1. The van der Waals surface area contributed by atoms with Gasteiger partial charge >= 0.3 is 0 Å². The van der Waals surface area contributed by atoms with Crippen LogP contribution in [0.15, 0.2) is 43.0 Å². The lowest BCUT2D eigenvalue weighted by Crippen LogP contribution is -2.08. The zero-order chi connectivity index (χ0) is 20.7. The fourth-order valence-electron chi connectivity index (χ4n) is 3.90. The average molecular weight is 407 g/mol. The Hall–Kier alpha value is -3.43. The Morgan fingerprint density at radius 3 is 2.93 bits per heavy atom. The molecule has 5 rings (SSSR count). The quantitative estimate of drug-likeness (QED) is 0.521. The first-order valence-electron chi connectivity index (χ1n) is 9.52. The van der Waals surface area contributed by atoms with Gasteiger partial charge in [0, 0.05) is 35.5 Å². The number of aryl methyl sites for hydroxylation is 1. The number of hydrogen-bond donors (Lipinski definition) is 2. The number of rotatable bonds is 5. The molecule has 0 radical (unpaired) electrons. The van der Waals surface area contributed by atoms with Crippen LogP contribution >= 0.6 is 0 Å². The predicted molar refractivity (Wildman–Crippen MR) is 104 cm³/mol. The summed E-state index contributed by atoms with van der Waals surface area (Å²) in [6.07, 6.45) is 4.75. The van der Waals surface area contributed by atoms with Gasteiger partial charge in [-0.05, 0) is 30.2 Å². The van der Waals surface area contributed by atoms with Gasteiger partial charge in [-0.3, -0.25) is 9.38 Å². The zero-order valence-electron chi connectivity index (χ0n) is 15.9. The number of aromatic nitrogens is 5. The van der Waals surface area contributed by atoms with Crippen LogP contribution in [0.2, 0.25) is 0 Å². The molecule has 0 fully saturated rings. The van der Waals surface area contributed by atoms with E-state index < -0.39 is 6.10 Å². The lowest BCUT2D eigenvalue weighted by molar-refractivity contribution is 0.140. The van der Waals surface area contributed by atoms with Crippen molar-refractivity contribution < 1.29 is 19.3 Å². The molecule has 0 bridgehead atoms. The van der Waals surface area contributed by atoms with Crippen molar-refractivity contribution in [1.29, 1.82) is 0 Å². The molecule has 30 heavy (non-hydrogen) atoms. The molecular formula is C21H18FN5O3. The van der Waals surface area contributed by atoms with Gasteiger partial charge in [0.1, 0.15) is 36.4 Å². The molecule has 1 aliphatic rings. The van der Waals surface area contributed by atoms with Gasteiger partial charge in [-0.15, -0.1) is 10.2 Å². The maximum atomic E-state index is 14.5. The largest absolute Gasteiger partial charge is 0.490 e. The second-order valence-corrected chi connectivity index (χ2v) is 7.03. The van der Waals surface area contributed by atoms with Gasteiger partial charge in [-0.2, -0.15) is 0 Å². The fourth-order valence-corrected chi connectivity index (χ4v) is 3.90. The number of ether oxygens (including phenoxy) is 1. The van der Waals surface area contributed by atoms with E-state index in [4.69, 9.17) is 4.74 Å². The molecule has 0 aliphatic carbocycles. The van der Waals surface area contributed by atoms with Gasteiger partial charge in [-0.25, -0.2) is 9.37 Å². The van der Waals surface area contributed by atoms with Crippen LogP contribution in [0.1, 0.15) is 28.7 Å². The van der Waals surface area contributed by atoms with E-state index in [1.54, 1.807) is 35.3 Å². The Labute approximate surface area is 170 Å². The Bertz CT molecular complexity index is 1240. The summed E-state index contributed by atoms with van der Waals surface area (Å²) in [6.45, 7) is -0.0757. The number of benzene rings is 1. The molecule has 9 heteroatoms. The molecule has 8 nitrogen and oxygen atoms in total. The van der Waals surface area contributed by atoms with E-state index in [1.165, 1.54) is 6.07 Å². The van der Waals surface area contributed by atoms with Crippen LogP contribution < -0.4 is 4.74 Å². The summed E-state index contributed by atoms with van der Waals surface area (Å²) in [4.78, 5) is 8.75. The Morgan fingerprint density at radius 2 is 2.07 bits per heavy atom. The first-order chi connectivity index (χ1) is 14.7. The third-order valence-electron chi connectivity index (χ3n) is 5.33. The van der Waals surface area contributed by atoms with Gasteiger partial charge in [0.2, 0.25) is 0 Å². The van der Waals surface area contributed by atoms with Crippen molar-refractivity contribution >= 4 is 5.65 Å². The minimum Gasteiger partial charge on any atom is -0.490 e. The van der Waals surface area contributed by atoms with Crippen molar-refractivity contribution in [3.63, 3.8) is 0 Å². The molecule has 0 amide bonds. The molecule has 1 aliphatic heterocycles. The van der Waals surface area contributed by atoms with E-state index in [1.807, 2.05) is 6.07 Å². The van der Waals surface area contributed by atoms with E-state index in [2.05, 4.69) is 20.2 Å². The van der Waals surface area contributed by atoms with Crippen LogP contribution in [0.3, 0.4) is 0 Å². The van der Waals surface area contributed by atoms with E-state index in [0.717, 1.165) is 5.56 Å². The van der Waals surface area contributed by atoms with E-state index in [0.29, 0.717) is 52.4 Å². The van der Waals surface area contributed by atoms with Gasteiger partial charge in [0.25, 0.3) is 0 Å². The minimum atomic E-state index is -0.835. The summed E-state index contributed by atoms with van der Waals surface area (Å²) in [5.41, 5.74) is 3.46. The van der Waals surface area contributed by atoms with Crippen molar-refractivity contribution in [3.05, 3.63) is 71.4 Å². The standard InChI is InChI=1S/C21H18FN5O3/c22-15-4-5-18-20(17(29)10-30-18)13(15)3-6-19-24-8-14(21-26-25-11-27(19)21)12-2-1-7-23-16(12)9-28/h1-2,4-5,7-8,11,17,28-29H,3,6,9-10H2. The van der Waals surface area contributed by atoms with Crippen molar-refractivity contribution in [2.75, 3.05) is 6.61 Å². The molecule has 4 heterocycles. The Kier molecular flexibility index (Phi) is 4.61. The van der Waals surface area contributed by atoms with Crippen LogP contribution in [0.4, 0.5) is 4.39 Å².